The summed E-state index contributed by atoms with van der Waals surface area (Å²) in [6.07, 6.45) is 0. The second-order valence-electron chi connectivity index (χ2n) is 6.46. The fraction of sp³-hybridized carbons (Fsp3) is 0.227. The van der Waals surface area contributed by atoms with Gasteiger partial charge in [0.15, 0.2) is 0 Å². The predicted octanol–water partition coefficient (Wildman–Crippen LogP) is 3.65. The van der Waals surface area contributed by atoms with Gasteiger partial charge in [-0.1, -0.05) is 0 Å². The van der Waals surface area contributed by atoms with Crippen molar-refractivity contribution in [2.45, 2.75) is 13.8 Å². The van der Waals surface area contributed by atoms with E-state index in [0.29, 0.717) is 24.7 Å². The van der Waals surface area contributed by atoms with Crippen molar-refractivity contribution in [1.82, 2.24) is 15.3 Å². The number of methoxy groups -OCH3 is 1. The highest BCUT2D eigenvalue weighted by atomic mass is 16.5. The van der Waals surface area contributed by atoms with E-state index >= 15 is 0 Å². The molecule has 29 heavy (non-hydrogen) atoms. The smallest absolute Gasteiger partial charge is 0.251 e. The number of ether oxygens (including phenoxy) is 2. The van der Waals surface area contributed by atoms with Crippen molar-refractivity contribution in [1.29, 1.82) is 0 Å². The average molecular weight is 392 g/mol. The van der Waals surface area contributed by atoms with Crippen LogP contribution in [0.4, 0.5) is 11.6 Å². The highest BCUT2D eigenvalue weighted by molar-refractivity contribution is 5.94. The van der Waals surface area contributed by atoms with E-state index in [9.17, 15) is 4.79 Å². The lowest BCUT2D eigenvalue weighted by Crippen LogP contribution is -2.28. The molecule has 0 aliphatic rings. The molecule has 0 aliphatic carbocycles. The number of hydrogen-bond acceptors (Lipinski definition) is 6. The summed E-state index contributed by atoms with van der Waals surface area (Å²) in [5.74, 6) is 1.88. The highest BCUT2D eigenvalue weighted by Crippen LogP contribution is 2.17. The van der Waals surface area contributed by atoms with E-state index in [1.165, 1.54) is 0 Å². The van der Waals surface area contributed by atoms with Gasteiger partial charge >= 0.3 is 0 Å². The Hall–Kier alpha value is -3.61. The lowest BCUT2D eigenvalue weighted by Gasteiger charge is -2.09. The second kappa shape index (κ2) is 9.54. The minimum Gasteiger partial charge on any atom is -0.497 e. The fourth-order valence-electron chi connectivity index (χ4n) is 2.72. The first kappa shape index (κ1) is 20.1. The zero-order chi connectivity index (χ0) is 20.6. The van der Waals surface area contributed by atoms with Crippen molar-refractivity contribution in [2.75, 3.05) is 25.6 Å². The lowest BCUT2D eigenvalue weighted by atomic mass is 10.2. The van der Waals surface area contributed by atoms with Crippen LogP contribution in [-0.2, 0) is 0 Å². The van der Waals surface area contributed by atoms with Crippen molar-refractivity contribution < 1.29 is 14.3 Å². The molecular weight excluding hydrogens is 368 g/mol. The molecule has 0 unspecified atom stereocenters. The number of nitrogens with one attached hydrogen (secondary N) is 2. The number of carbonyl (C=O) groups is 1. The zero-order valence-electron chi connectivity index (χ0n) is 16.7. The Bertz CT molecular complexity index is 937. The Morgan fingerprint density at radius 3 is 2.17 bits per heavy atom. The van der Waals surface area contributed by atoms with Crippen LogP contribution in [0.3, 0.4) is 0 Å². The van der Waals surface area contributed by atoms with Crippen LogP contribution in [0.1, 0.15) is 21.7 Å². The van der Waals surface area contributed by atoms with Gasteiger partial charge in [-0.2, -0.15) is 0 Å². The van der Waals surface area contributed by atoms with Crippen LogP contribution >= 0.6 is 0 Å². The van der Waals surface area contributed by atoms with Crippen LogP contribution in [0.25, 0.3) is 0 Å². The van der Waals surface area contributed by atoms with Gasteiger partial charge < -0.3 is 20.1 Å². The van der Waals surface area contributed by atoms with E-state index in [-0.39, 0.29) is 5.91 Å². The van der Waals surface area contributed by atoms with E-state index in [1.54, 1.807) is 19.2 Å². The van der Waals surface area contributed by atoms with Gasteiger partial charge in [0.25, 0.3) is 5.91 Å². The van der Waals surface area contributed by atoms with Crippen molar-refractivity contribution >= 4 is 17.5 Å². The third-order valence-electron chi connectivity index (χ3n) is 4.10. The number of anilines is 2. The molecule has 0 fully saturated rings. The predicted molar refractivity (Wildman–Crippen MR) is 112 cm³/mol. The van der Waals surface area contributed by atoms with Crippen LogP contribution in [0.5, 0.6) is 11.5 Å². The third-order valence-corrected chi connectivity index (χ3v) is 4.10. The molecule has 1 amide bonds. The molecule has 0 saturated heterocycles. The van der Waals surface area contributed by atoms with Crippen molar-refractivity contribution in [3.63, 3.8) is 0 Å². The van der Waals surface area contributed by atoms with Crippen LogP contribution in [0.2, 0.25) is 0 Å². The minimum atomic E-state index is -0.155. The number of rotatable bonds is 8. The fourth-order valence-corrected chi connectivity index (χ4v) is 2.72. The molecule has 0 atom stereocenters. The van der Waals surface area contributed by atoms with Gasteiger partial charge in [-0.15, -0.1) is 0 Å². The number of hydrogen-bond donors (Lipinski definition) is 2. The second-order valence-corrected chi connectivity index (χ2v) is 6.46. The number of amides is 1. The molecule has 150 valence electrons. The molecule has 3 rings (SSSR count). The lowest BCUT2D eigenvalue weighted by molar-refractivity contribution is 0.0947. The normalized spacial score (nSPS) is 10.3. The Morgan fingerprint density at radius 2 is 1.55 bits per heavy atom. The number of benzene rings is 2. The Labute approximate surface area is 170 Å². The van der Waals surface area contributed by atoms with Crippen LogP contribution in [0, 0.1) is 13.8 Å². The van der Waals surface area contributed by atoms with Crippen molar-refractivity contribution in [3.05, 3.63) is 71.5 Å². The summed E-state index contributed by atoms with van der Waals surface area (Å²) in [6.45, 7) is 4.63. The highest BCUT2D eigenvalue weighted by Gasteiger charge is 2.06. The maximum absolute atomic E-state index is 12.3. The van der Waals surface area contributed by atoms with Gasteiger partial charge in [0.2, 0.25) is 5.95 Å². The molecule has 0 aliphatic heterocycles. The van der Waals surface area contributed by atoms with Crippen molar-refractivity contribution in [3.8, 4) is 11.5 Å². The molecule has 7 nitrogen and oxygen atoms in total. The summed E-state index contributed by atoms with van der Waals surface area (Å²) < 4.78 is 10.7. The molecule has 2 N–H and O–H groups in total. The summed E-state index contributed by atoms with van der Waals surface area (Å²) in [5, 5.41) is 5.99. The molecule has 0 bridgehead atoms. The van der Waals surface area contributed by atoms with E-state index in [0.717, 1.165) is 28.6 Å². The largest absolute Gasteiger partial charge is 0.497 e. The van der Waals surface area contributed by atoms with Crippen molar-refractivity contribution in [2.24, 2.45) is 0 Å². The van der Waals surface area contributed by atoms with E-state index in [1.807, 2.05) is 56.3 Å². The van der Waals surface area contributed by atoms with Gasteiger partial charge in [0.1, 0.15) is 18.1 Å². The Kier molecular flexibility index (Phi) is 6.63. The number of carbonyl (C=O) groups excluding carboxylic acids is 1. The molecule has 3 aromatic rings. The van der Waals surface area contributed by atoms with Gasteiger partial charge in [-0.05, 0) is 68.4 Å². The molecule has 0 radical (unpaired) electrons. The minimum absolute atomic E-state index is 0.155. The zero-order valence-corrected chi connectivity index (χ0v) is 16.7. The average Bonchev–Trinajstić information content (AvgIpc) is 2.71. The maximum atomic E-state index is 12.3. The molecular formula is C22H24N4O3. The van der Waals surface area contributed by atoms with E-state index in [4.69, 9.17) is 9.47 Å². The first-order valence-electron chi connectivity index (χ1n) is 9.28. The summed E-state index contributed by atoms with van der Waals surface area (Å²) in [5.41, 5.74) is 3.18. The molecule has 1 heterocycles. The summed E-state index contributed by atoms with van der Waals surface area (Å²) in [7, 11) is 1.62. The molecule has 2 aromatic carbocycles. The van der Waals surface area contributed by atoms with Crippen LogP contribution in [-0.4, -0.2) is 36.1 Å². The molecule has 1 aromatic heterocycles. The monoisotopic (exact) mass is 392 g/mol. The first-order chi connectivity index (χ1) is 14.0. The topological polar surface area (TPSA) is 85.4 Å². The first-order valence-corrected chi connectivity index (χ1v) is 9.28. The SMILES string of the molecule is COc1ccc(OCCNC(=O)c2ccc(Nc3nc(C)cc(C)n3)cc2)cc1. The summed E-state index contributed by atoms with van der Waals surface area (Å²) in [4.78, 5) is 21.0. The molecule has 0 saturated carbocycles. The van der Waals surface area contributed by atoms with Gasteiger partial charge in [-0.3, -0.25) is 4.79 Å². The number of aromatic nitrogens is 2. The third kappa shape index (κ3) is 5.93. The number of aryl methyl sites for hydroxylation is 2. The van der Waals surface area contributed by atoms with Crippen LogP contribution < -0.4 is 20.1 Å². The van der Waals surface area contributed by atoms with E-state index < -0.39 is 0 Å². The maximum Gasteiger partial charge on any atom is 0.251 e. The van der Waals surface area contributed by atoms with Gasteiger partial charge in [0, 0.05) is 22.6 Å². The van der Waals surface area contributed by atoms with E-state index in [2.05, 4.69) is 20.6 Å². The number of nitrogens with zero attached hydrogens (tertiary/aromatic N) is 2. The molecule has 0 spiro atoms. The quantitative estimate of drug-likeness (QED) is 0.569. The Morgan fingerprint density at radius 1 is 0.931 bits per heavy atom. The van der Waals surface area contributed by atoms with Crippen LogP contribution in [0.15, 0.2) is 54.6 Å². The van der Waals surface area contributed by atoms with Gasteiger partial charge in [-0.25, -0.2) is 9.97 Å². The summed E-state index contributed by atoms with van der Waals surface area (Å²) >= 11 is 0. The Balaban J connectivity index is 1.47. The molecule has 7 heteroatoms. The van der Waals surface area contributed by atoms with Gasteiger partial charge in [0.05, 0.1) is 13.7 Å². The summed E-state index contributed by atoms with van der Waals surface area (Å²) in [6, 6.07) is 16.4. The standard InChI is InChI=1S/C22H24N4O3/c1-15-14-16(2)25-22(24-15)26-18-6-4-17(5-7-18)21(27)23-12-13-29-20-10-8-19(28-3)9-11-20/h4-11,14H,12-13H2,1-3H3,(H,23,27)(H,24,25,26).